The standard InChI is InChI=1S/C27H49N3O4/c1-10-19(6)23(17-20(7)27(33)34-12-3)29(9)26(32)24(18(4)5)28-25(31)22-15-13-14-16-30(22)21(8)11-2/h17-19,21-24H,10-16H2,1-9H3,(H,28,31)/b20-17+/t19-,21?,22+,23+,24-/m0/s1. The summed E-state index contributed by atoms with van der Waals surface area (Å²) in [5.41, 5.74) is 0.489. The molecule has 1 N–H and O–H groups in total. The van der Waals surface area contributed by atoms with Crippen LogP contribution in [0.1, 0.15) is 87.5 Å². The number of carbonyl (C=O) groups excluding carboxylic acids is 3. The van der Waals surface area contributed by atoms with E-state index < -0.39 is 6.04 Å². The largest absolute Gasteiger partial charge is 0.463 e. The predicted octanol–water partition coefficient (Wildman–Crippen LogP) is 4.16. The van der Waals surface area contributed by atoms with E-state index in [1.165, 1.54) is 0 Å². The Bertz CT molecular complexity index is 706. The fraction of sp³-hybridized carbons (Fsp3) is 0.815. The molecular formula is C27H49N3O4. The molecule has 7 heteroatoms. The van der Waals surface area contributed by atoms with Gasteiger partial charge in [-0.25, -0.2) is 4.79 Å². The lowest BCUT2D eigenvalue weighted by Crippen LogP contribution is -2.59. The summed E-state index contributed by atoms with van der Waals surface area (Å²) < 4.78 is 5.13. The number of rotatable bonds is 12. The number of hydrogen-bond donors (Lipinski definition) is 1. The highest BCUT2D eigenvalue weighted by atomic mass is 16.5. The van der Waals surface area contributed by atoms with Crippen molar-refractivity contribution in [3.63, 3.8) is 0 Å². The molecule has 196 valence electrons. The van der Waals surface area contributed by atoms with Crippen molar-refractivity contribution >= 4 is 17.8 Å². The molecule has 0 aromatic carbocycles. The summed E-state index contributed by atoms with van der Waals surface area (Å²) in [6.45, 7) is 17.1. The molecule has 1 heterocycles. The zero-order valence-corrected chi connectivity index (χ0v) is 23.0. The minimum atomic E-state index is -0.624. The third-order valence-electron chi connectivity index (χ3n) is 7.27. The first-order valence-electron chi connectivity index (χ1n) is 13.2. The van der Waals surface area contributed by atoms with Gasteiger partial charge < -0.3 is 15.0 Å². The molecule has 0 spiro atoms. The number of piperidine rings is 1. The molecule has 1 rings (SSSR count). The van der Waals surface area contributed by atoms with Crippen LogP contribution in [0, 0.1) is 11.8 Å². The van der Waals surface area contributed by atoms with E-state index in [9.17, 15) is 14.4 Å². The van der Waals surface area contributed by atoms with Crippen LogP contribution in [0.2, 0.25) is 0 Å². The zero-order valence-electron chi connectivity index (χ0n) is 23.0. The van der Waals surface area contributed by atoms with E-state index in [4.69, 9.17) is 4.74 Å². The van der Waals surface area contributed by atoms with Crippen LogP contribution >= 0.6 is 0 Å². The summed E-state index contributed by atoms with van der Waals surface area (Å²) in [5.74, 6) is -0.479. The molecule has 1 aliphatic heterocycles. The van der Waals surface area contributed by atoms with Crippen LogP contribution in [0.25, 0.3) is 0 Å². The van der Waals surface area contributed by atoms with Crippen molar-refractivity contribution in [2.75, 3.05) is 20.2 Å². The minimum Gasteiger partial charge on any atom is -0.463 e. The summed E-state index contributed by atoms with van der Waals surface area (Å²) in [4.78, 5) is 43.2. The molecule has 7 nitrogen and oxygen atoms in total. The molecular weight excluding hydrogens is 430 g/mol. The van der Waals surface area contributed by atoms with Gasteiger partial charge in [0.05, 0.1) is 18.7 Å². The Morgan fingerprint density at radius 2 is 1.74 bits per heavy atom. The number of nitrogens with one attached hydrogen (secondary N) is 1. The van der Waals surface area contributed by atoms with Crippen molar-refractivity contribution in [1.82, 2.24) is 15.1 Å². The summed E-state index contributed by atoms with van der Waals surface area (Å²) in [6.07, 6.45) is 6.61. The fourth-order valence-electron chi connectivity index (χ4n) is 4.60. The van der Waals surface area contributed by atoms with Crippen LogP contribution in [0.15, 0.2) is 11.6 Å². The van der Waals surface area contributed by atoms with Crippen molar-refractivity contribution in [2.45, 2.75) is 112 Å². The van der Waals surface area contributed by atoms with Gasteiger partial charge in [-0.2, -0.15) is 0 Å². The molecule has 0 aromatic rings. The molecule has 1 unspecified atom stereocenters. The molecule has 0 bridgehead atoms. The summed E-state index contributed by atoms with van der Waals surface area (Å²) >= 11 is 0. The number of hydrogen-bond acceptors (Lipinski definition) is 5. The van der Waals surface area contributed by atoms with E-state index in [-0.39, 0.29) is 41.7 Å². The average molecular weight is 480 g/mol. The molecule has 0 radical (unpaired) electrons. The number of carbonyl (C=O) groups is 3. The van der Waals surface area contributed by atoms with Gasteiger partial charge in [0, 0.05) is 18.7 Å². The van der Waals surface area contributed by atoms with Gasteiger partial charge in [-0.05, 0) is 58.4 Å². The third-order valence-corrected chi connectivity index (χ3v) is 7.27. The van der Waals surface area contributed by atoms with Gasteiger partial charge >= 0.3 is 5.97 Å². The number of ether oxygens (including phenoxy) is 1. The Morgan fingerprint density at radius 1 is 1.09 bits per heavy atom. The molecule has 2 amide bonds. The van der Waals surface area contributed by atoms with E-state index in [0.29, 0.717) is 18.2 Å². The lowest BCUT2D eigenvalue weighted by molar-refractivity contribution is -0.140. The first-order valence-corrected chi connectivity index (χ1v) is 13.2. The number of nitrogens with zero attached hydrogens (tertiary/aromatic N) is 2. The average Bonchev–Trinajstić information content (AvgIpc) is 2.83. The molecule has 0 saturated carbocycles. The third kappa shape index (κ3) is 8.10. The minimum absolute atomic E-state index is 0.0567. The highest BCUT2D eigenvalue weighted by Gasteiger charge is 2.36. The fourth-order valence-corrected chi connectivity index (χ4v) is 4.60. The van der Waals surface area contributed by atoms with E-state index >= 15 is 0 Å². The highest BCUT2D eigenvalue weighted by molar-refractivity contribution is 5.91. The van der Waals surface area contributed by atoms with Gasteiger partial charge in [0.15, 0.2) is 0 Å². The van der Waals surface area contributed by atoms with Gasteiger partial charge in [-0.15, -0.1) is 0 Å². The van der Waals surface area contributed by atoms with Crippen molar-refractivity contribution in [2.24, 2.45) is 11.8 Å². The Labute approximate surface area is 207 Å². The van der Waals surface area contributed by atoms with E-state index in [1.807, 2.05) is 19.9 Å². The monoisotopic (exact) mass is 479 g/mol. The molecule has 1 fully saturated rings. The Kier molecular flexibility index (Phi) is 12.9. The van der Waals surface area contributed by atoms with Gasteiger partial charge in [-0.3, -0.25) is 14.5 Å². The number of likely N-dealkylation sites (tertiary alicyclic amines) is 1. The molecule has 0 aliphatic carbocycles. The molecule has 5 atom stereocenters. The first-order chi connectivity index (χ1) is 16.0. The Morgan fingerprint density at radius 3 is 2.26 bits per heavy atom. The maximum absolute atomic E-state index is 13.7. The zero-order chi connectivity index (χ0) is 26.0. The maximum atomic E-state index is 13.7. The number of amides is 2. The SMILES string of the molecule is CCOC(=O)/C(C)=C/[C@H]([C@@H](C)CC)N(C)C(=O)[C@@H](NC(=O)[C@H]1CCCCN1C(C)CC)C(C)C. The van der Waals surface area contributed by atoms with Crippen molar-refractivity contribution in [1.29, 1.82) is 0 Å². The van der Waals surface area contributed by atoms with Gasteiger partial charge in [0.25, 0.3) is 0 Å². The van der Waals surface area contributed by atoms with Gasteiger partial charge in [0.1, 0.15) is 6.04 Å². The smallest absolute Gasteiger partial charge is 0.333 e. The van der Waals surface area contributed by atoms with Crippen LogP contribution in [0.3, 0.4) is 0 Å². The maximum Gasteiger partial charge on any atom is 0.333 e. The van der Waals surface area contributed by atoms with E-state index in [2.05, 4.69) is 37.9 Å². The van der Waals surface area contributed by atoms with Crippen LogP contribution < -0.4 is 5.32 Å². The molecule has 1 aliphatic rings. The summed E-state index contributed by atoms with van der Waals surface area (Å²) in [5, 5.41) is 3.10. The lowest BCUT2D eigenvalue weighted by Gasteiger charge is -2.40. The van der Waals surface area contributed by atoms with Crippen molar-refractivity contribution in [3.8, 4) is 0 Å². The van der Waals surface area contributed by atoms with Crippen LogP contribution in [-0.4, -0.2) is 72.0 Å². The number of esters is 1. The van der Waals surface area contributed by atoms with Crippen molar-refractivity contribution in [3.05, 3.63) is 11.6 Å². The van der Waals surface area contributed by atoms with E-state index in [0.717, 1.165) is 38.6 Å². The normalized spacial score (nSPS) is 20.9. The molecule has 0 aromatic heterocycles. The number of likely N-dealkylation sites (N-methyl/N-ethyl adjacent to an activating group) is 1. The van der Waals surface area contributed by atoms with Crippen LogP contribution in [0.5, 0.6) is 0 Å². The molecule has 34 heavy (non-hydrogen) atoms. The second-order valence-corrected chi connectivity index (χ2v) is 10.1. The first kappa shape index (κ1) is 30.1. The quantitative estimate of drug-likeness (QED) is 0.336. The van der Waals surface area contributed by atoms with Crippen LogP contribution in [-0.2, 0) is 19.1 Å². The van der Waals surface area contributed by atoms with Crippen LogP contribution in [0.4, 0.5) is 0 Å². The molecule has 1 saturated heterocycles. The summed E-state index contributed by atoms with van der Waals surface area (Å²) in [6, 6.07) is -0.760. The lowest BCUT2D eigenvalue weighted by atomic mass is 9.93. The topological polar surface area (TPSA) is 79.0 Å². The predicted molar refractivity (Wildman–Crippen MR) is 137 cm³/mol. The highest BCUT2D eigenvalue weighted by Crippen LogP contribution is 2.23. The Balaban J connectivity index is 3.12. The Hall–Kier alpha value is -1.89. The second kappa shape index (κ2) is 14.5. The van der Waals surface area contributed by atoms with Gasteiger partial charge in [0.2, 0.25) is 11.8 Å². The summed E-state index contributed by atoms with van der Waals surface area (Å²) in [7, 11) is 1.77. The second-order valence-electron chi connectivity index (χ2n) is 10.1. The van der Waals surface area contributed by atoms with E-state index in [1.54, 1.807) is 25.8 Å². The van der Waals surface area contributed by atoms with Crippen molar-refractivity contribution < 1.29 is 19.1 Å². The van der Waals surface area contributed by atoms with Gasteiger partial charge in [-0.1, -0.05) is 53.5 Å².